The highest BCUT2D eigenvalue weighted by Gasteiger charge is 2.71. The van der Waals surface area contributed by atoms with Gasteiger partial charge in [-0.2, -0.15) is 5.01 Å². The van der Waals surface area contributed by atoms with Crippen LogP contribution in [0.15, 0.2) is 96.6 Å². The molecule has 4 amide bonds. The van der Waals surface area contributed by atoms with E-state index in [9.17, 15) is 33.9 Å². The molecule has 12 nitrogen and oxygen atoms in total. The number of hydrogen-bond acceptors (Lipinski definition) is 10. The van der Waals surface area contributed by atoms with Crippen molar-refractivity contribution in [1.82, 2.24) is 5.01 Å². The number of phenolic OH excluding ortho intramolecular Hbond substituents is 1. The van der Waals surface area contributed by atoms with Gasteiger partial charge in [-0.1, -0.05) is 47.5 Å². The average Bonchev–Trinajstić information content (AvgIpc) is 3.56. The summed E-state index contributed by atoms with van der Waals surface area (Å²) in [7, 11) is 0.977. The molecule has 4 aliphatic rings. The Balaban J connectivity index is 1.35. The molecule has 1 saturated carbocycles. The van der Waals surface area contributed by atoms with E-state index < -0.39 is 71.6 Å². The molecule has 8 rings (SSSR count). The Kier molecular flexibility index (Phi) is 8.94. The molecule has 280 valence electrons. The van der Waals surface area contributed by atoms with Gasteiger partial charge < -0.3 is 24.6 Å². The van der Waals surface area contributed by atoms with Gasteiger partial charge in [-0.25, -0.2) is 4.39 Å². The van der Waals surface area contributed by atoms with E-state index in [-0.39, 0.29) is 52.5 Å². The van der Waals surface area contributed by atoms with Crippen LogP contribution in [0.5, 0.6) is 17.2 Å². The molecular formula is C40H34BClFN3O9. The zero-order valence-corrected chi connectivity index (χ0v) is 30.2. The van der Waals surface area contributed by atoms with E-state index in [1.165, 1.54) is 68.8 Å². The van der Waals surface area contributed by atoms with E-state index in [2.05, 4.69) is 5.43 Å². The van der Waals surface area contributed by atoms with Gasteiger partial charge in [-0.15, -0.1) is 0 Å². The van der Waals surface area contributed by atoms with Crippen molar-refractivity contribution in [2.24, 2.45) is 23.7 Å². The maximum atomic E-state index is 15.4. The summed E-state index contributed by atoms with van der Waals surface area (Å²) in [5, 5.41) is 32.8. The van der Waals surface area contributed by atoms with Crippen molar-refractivity contribution in [1.29, 1.82) is 0 Å². The zero-order chi connectivity index (χ0) is 38.9. The number of anilines is 2. The lowest BCUT2D eigenvalue weighted by molar-refractivity contribution is -0.138. The molecule has 0 radical (unpaired) electrons. The number of benzene rings is 4. The minimum absolute atomic E-state index is 0.0419. The topological polar surface area (TPSA) is 166 Å². The van der Waals surface area contributed by atoms with Gasteiger partial charge in [0.15, 0.2) is 0 Å². The van der Waals surface area contributed by atoms with Gasteiger partial charge in [-0.3, -0.25) is 29.5 Å². The van der Waals surface area contributed by atoms with Crippen LogP contribution in [0.3, 0.4) is 0 Å². The van der Waals surface area contributed by atoms with Crippen molar-refractivity contribution in [3.63, 3.8) is 0 Å². The van der Waals surface area contributed by atoms with Crippen LogP contribution in [0, 0.1) is 29.5 Å². The highest BCUT2D eigenvalue weighted by Crippen LogP contribution is 2.66. The Morgan fingerprint density at radius 2 is 1.62 bits per heavy atom. The van der Waals surface area contributed by atoms with E-state index in [0.717, 1.165) is 9.91 Å². The third kappa shape index (κ3) is 5.49. The molecule has 4 aromatic rings. The second-order valence-electron chi connectivity index (χ2n) is 14.1. The first-order valence-corrected chi connectivity index (χ1v) is 17.9. The molecule has 4 N–H and O–H groups in total. The molecule has 0 spiro atoms. The highest BCUT2D eigenvalue weighted by molar-refractivity contribution is 6.58. The first kappa shape index (κ1) is 36.3. The Bertz CT molecular complexity index is 2290. The number of hydrogen-bond donors (Lipinski definition) is 4. The molecule has 6 atom stereocenters. The van der Waals surface area contributed by atoms with Crippen LogP contribution in [-0.2, 0) is 24.6 Å². The predicted molar refractivity (Wildman–Crippen MR) is 199 cm³/mol. The molecule has 55 heavy (non-hydrogen) atoms. The van der Waals surface area contributed by atoms with Gasteiger partial charge in [0, 0.05) is 28.6 Å². The molecule has 2 aliphatic carbocycles. The van der Waals surface area contributed by atoms with E-state index in [1.54, 1.807) is 30.3 Å². The average molecular weight is 766 g/mol. The molecular weight excluding hydrogens is 732 g/mol. The molecule has 2 aliphatic heterocycles. The summed E-state index contributed by atoms with van der Waals surface area (Å²) in [6, 6.07) is 20.4. The van der Waals surface area contributed by atoms with E-state index >= 15 is 4.79 Å². The Morgan fingerprint density at radius 1 is 0.891 bits per heavy atom. The van der Waals surface area contributed by atoms with Gasteiger partial charge in [0.25, 0.3) is 11.8 Å². The summed E-state index contributed by atoms with van der Waals surface area (Å²) in [5.74, 6) is -7.65. The number of phenols is 1. The van der Waals surface area contributed by atoms with Gasteiger partial charge in [0.2, 0.25) is 11.8 Å². The summed E-state index contributed by atoms with van der Waals surface area (Å²) in [5.41, 5.74) is 2.76. The Morgan fingerprint density at radius 3 is 2.29 bits per heavy atom. The second-order valence-corrected chi connectivity index (χ2v) is 14.6. The van der Waals surface area contributed by atoms with Gasteiger partial charge in [0.1, 0.15) is 23.1 Å². The van der Waals surface area contributed by atoms with Crippen molar-refractivity contribution in [2.45, 2.75) is 24.2 Å². The first-order chi connectivity index (χ1) is 26.4. The van der Waals surface area contributed by atoms with Crippen molar-refractivity contribution in [3.05, 3.63) is 119 Å². The molecule has 0 aromatic heterocycles. The number of allylic oxidation sites excluding steroid dienone is 2. The van der Waals surface area contributed by atoms with Crippen LogP contribution in [-0.4, -0.2) is 65.1 Å². The molecule has 4 aromatic carbocycles. The minimum Gasteiger partial charge on any atom is -0.507 e. The fraction of sp³-hybridized carbons (Fsp3) is 0.250. The van der Waals surface area contributed by atoms with Crippen molar-refractivity contribution >= 4 is 59.2 Å². The minimum atomic E-state index is -1.84. The Labute approximate surface area is 319 Å². The first-order valence-electron chi connectivity index (χ1n) is 17.6. The standard InChI is InChI=1S/C40H34BClFN3O9/c1-54-26-17-31(47)34(32(18-26)55-2)35-27-14-15-28-33(38(50)45(36(28)48)25-5-3-4-21(16-25)41(52)53)29(27)19-30-37(49)46(44-24-12-10-23(43)11-13-24)39(51)40(30,35)20-6-8-22(42)9-7-20/h3-14,16-18,28-30,33,35,44,47,52-53H,15,19H2,1-2H3/t28-,29+,30-,33-,35+,40+/m0/s1. The summed E-state index contributed by atoms with van der Waals surface area (Å²) in [6.07, 6.45) is 1.88. The van der Waals surface area contributed by atoms with Crippen LogP contribution in [0.2, 0.25) is 5.02 Å². The molecule has 2 heterocycles. The maximum absolute atomic E-state index is 15.4. The van der Waals surface area contributed by atoms with Crippen molar-refractivity contribution < 1.29 is 48.2 Å². The van der Waals surface area contributed by atoms with Crippen molar-refractivity contribution in [2.75, 3.05) is 24.5 Å². The summed E-state index contributed by atoms with van der Waals surface area (Å²) in [6.45, 7) is 0. The lowest BCUT2D eigenvalue weighted by atomic mass is 9.49. The number of carbonyl (C=O) groups is 4. The molecule has 2 saturated heterocycles. The number of halogens is 2. The quantitative estimate of drug-likeness (QED) is 0.117. The van der Waals surface area contributed by atoms with Crippen LogP contribution in [0.4, 0.5) is 15.8 Å². The number of nitrogens with one attached hydrogen (secondary N) is 1. The zero-order valence-electron chi connectivity index (χ0n) is 29.5. The third-order valence-electron chi connectivity index (χ3n) is 11.5. The predicted octanol–water partition coefficient (Wildman–Crippen LogP) is 4.07. The summed E-state index contributed by atoms with van der Waals surface area (Å²) in [4.78, 5) is 60.0. The maximum Gasteiger partial charge on any atom is 0.488 e. The number of aromatic hydroxyl groups is 1. The van der Waals surface area contributed by atoms with E-state index in [0.29, 0.717) is 16.2 Å². The van der Waals surface area contributed by atoms with E-state index in [1.807, 2.05) is 6.08 Å². The van der Waals surface area contributed by atoms with Gasteiger partial charge in [0.05, 0.1) is 48.8 Å². The van der Waals surface area contributed by atoms with E-state index in [4.69, 9.17) is 21.1 Å². The normalized spacial score (nSPS) is 25.6. The smallest absolute Gasteiger partial charge is 0.488 e. The molecule has 0 unspecified atom stereocenters. The van der Waals surface area contributed by atoms with Crippen LogP contribution >= 0.6 is 11.6 Å². The number of nitrogens with zero attached hydrogens (tertiary/aromatic N) is 2. The largest absolute Gasteiger partial charge is 0.507 e. The fourth-order valence-corrected chi connectivity index (χ4v) is 9.34. The number of hydrazine groups is 1. The molecule has 3 fully saturated rings. The summed E-state index contributed by atoms with van der Waals surface area (Å²) < 4.78 is 25.2. The van der Waals surface area contributed by atoms with Crippen LogP contribution < -0.4 is 25.3 Å². The number of ether oxygens (including phenoxy) is 2. The number of imide groups is 2. The molecule has 0 bridgehead atoms. The lowest BCUT2D eigenvalue weighted by Crippen LogP contribution is -2.53. The number of carbonyl (C=O) groups excluding carboxylic acids is 4. The number of fused-ring (bicyclic) bond motifs is 4. The number of amides is 4. The van der Waals surface area contributed by atoms with Crippen molar-refractivity contribution in [3.8, 4) is 17.2 Å². The number of rotatable bonds is 8. The summed E-state index contributed by atoms with van der Waals surface area (Å²) >= 11 is 6.36. The Hall–Kier alpha value is -5.70. The fourth-order valence-electron chi connectivity index (χ4n) is 9.21. The van der Waals surface area contributed by atoms with Crippen LogP contribution in [0.25, 0.3) is 0 Å². The van der Waals surface area contributed by atoms with Gasteiger partial charge in [-0.05, 0) is 78.3 Å². The SMILES string of the molecule is COc1cc(O)c([C@H]2C3=CC[C@@H]4C(=O)N(c5cccc(B(O)O)c5)C(=O)[C@@H]4[C@@H]3C[C@H]3C(=O)N(Nc4ccc(F)cc4)C(=O)[C@@]23c2ccc(Cl)cc2)c(OC)c1. The van der Waals surface area contributed by atoms with Crippen LogP contribution in [0.1, 0.15) is 29.9 Å². The third-order valence-corrected chi connectivity index (χ3v) is 11.8. The van der Waals surface area contributed by atoms with Gasteiger partial charge >= 0.3 is 7.12 Å². The number of methoxy groups -OCH3 is 2. The monoisotopic (exact) mass is 765 g/mol. The lowest BCUT2D eigenvalue weighted by Gasteiger charge is -2.50. The highest BCUT2D eigenvalue weighted by atomic mass is 35.5. The second kappa shape index (κ2) is 13.6. The molecule has 15 heteroatoms.